The quantitative estimate of drug-likeness (QED) is 0.743. The van der Waals surface area contributed by atoms with Crippen LogP contribution in [-0.2, 0) is 6.42 Å². The summed E-state index contributed by atoms with van der Waals surface area (Å²) in [5.41, 5.74) is 3.63. The van der Waals surface area contributed by atoms with E-state index >= 15 is 0 Å². The fraction of sp³-hybridized carbons (Fsp3) is 0.238. The Morgan fingerprint density at radius 2 is 1.72 bits per heavy atom. The zero-order valence-electron chi connectivity index (χ0n) is 14.6. The van der Waals surface area contributed by atoms with E-state index in [-0.39, 0.29) is 11.9 Å². The van der Waals surface area contributed by atoms with Crippen LogP contribution in [0.1, 0.15) is 35.1 Å². The van der Waals surface area contributed by atoms with Crippen molar-refractivity contribution in [2.45, 2.75) is 32.7 Å². The molecule has 0 aliphatic rings. The number of aryl methyl sites for hydroxylation is 2. The van der Waals surface area contributed by atoms with Crippen LogP contribution in [0.25, 0.3) is 5.69 Å². The van der Waals surface area contributed by atoms with Gasteiger partial charge in [0.25, 0.3) is 5.91 Å². The van der Waals surface area contributed by atoms with Crippen molar-refractivity contribution in [1.29, 1.82) is 0 Å². The SMILES string of the molecule is Cc1cc(C(=O)NC(C)CCc2ccccc2)nn1-c1ccccc1. The first-order valence-electron chi connectivity index (χ1n) is 8.60. The number of carbonyl (C=O) groups excluding carboxylic acids is 1. The highest BCUT2D eigenvalue weighted by atomic mass is 16.2. The highest BCUT2D eigenvalue weighted by Crippen LogP contribution is 2.12. The lowest BCUT2D eigenvalue weighted by atomic mass is 10.1. The number of nitrogens with zero attached hydrogens (tertiary/aromatic N) is 2. The van der Waals surface area contributed by atoms with E-state index in [4.69, 9.17) is 0 Å². The zero-order valence-corrected chi connectivity index (χ0v) is 14.6. The van der Waals surface area contributed by atoms with Crippen LogP contribution >= 0.6 is 0 Å². The van der Waals surface area contributed by atoms with Gasteiger partial charge in [-0.15, -0.1) is 0 Å². The first-order valence-corrected chi connectivity index (χ1v) is 8.60. The van der Waals surface area contributed by atoms with E-state index < -0.39 is 0 Å². The van der Waals surface area contributed by atoms with Crippen molar-refractivity contribution in [2.75, 3.05) is 0 Å². The van der Waals surface area contributed by atoms with Gasteiger partial charge in [0, 0.05) is 11.7 Å². The van der Waals surface area contributed by atoms with E-state index in [2.05, 4.69) is 22.5 Å². The Kier molecular flexibility index (Phi) is 5.29. The summed E-state index contributed by atoms with van der Waals surface area (Å²) in [5, 5.41) is 7.50. The number of carbonyl (C=O) groups is 1. The molecule has 0 saturated heterocycles. The summed E-state index contributed by atoms with van der Waals surface area (Å²) in [6.45, 7) is 3.98. The Morgan fingerprint density at radius 1 is 1.08 bits per heavy atom. The molecule has 3 aromatic rings. The maximum Gasteiger partial charge on any atom is 0.272 e. The van der Waals surface area contributed by atoms with Gasteiger partial charge in [-0.2, -0.15) is 5.10 Å². The van der Waals surface area contributed by atoms with Gasteiger partial charge in [0.2, 0.25) is 0 Å². The van der Waals surface area contributed by atoms with Crippen molar-refractivity contribution in [2.24, 2.45) is 0 Å². The Labute approximate surface area is 148 Å². The third-order valence-corrected chi connectivity index (χ3v) is 4.21. The monoisotopic (exact) mass is 333 g/mol. The van der Waals surface area contributed by atoms with E-state index in [0.29, 0.717) is 5.69 Å². The summed E-state index contributed by atoms with van der Waals surface area (Å²) in [6, 6.07) is 22.1. The maximum absolute atomic E-state index is 12.5. The van der Waals surface area contributed by atoms with E-state index in [9.17, 15) is 4.79 Å². The topological polar surface area (TPSA) is 46.9 Å². The van der Waals surface area contributed by atoms with Gasteiger partial charge in [0.1, 0.15) is 0 Å². The van der Waals surface area contributed by atoms with E-state index in [0.717, 1.165) is 24.2 Å². The predicted octanol–water partition coefficient (Wildman–Crippen LogP) is 3.93. The molecule has 1 heterocycles. The van der Waals surface area contributed by atoms with Gasteiger partial charge in [0.05, 0.1) is 5.69 Å². The second-order valence-corrected chi connectivity index (χ2v) is 6.32. The number of para-hydroxylation sites is 1. The van der Waals surface area contributed by atoms with Crippen molar-refractivity contribution in [3.63, 3.8) is 0 Å². The molecule has 0 radical (unpaired) electrons. The molecule has 4 heteroatoms. The number of nitrogens with one attached hydrogen (secondary N) is 1. The van der Waals surface area contributed by atoms with E-state index in [1.807, 2.05) is 68.4 Å². The lowest BCUT2D eigenvalue weighted by molar-refractivity contribution is 0.0933. The third kappa shape index (κ3) is 4.35. The van der Waals surface area contributed by atoms with E-state index in [1.54, 1.807) is 4.68 Å². The van der Waals surface area contributed by atoms with Crippen LogP contribution in [0.2, 0.25) is 0 Å². The minimum absolute atomic E-state index is 0.0925. The lowest BCUT2D eigenvalue weighted by Gasteiger charge is -2.12. The molecule has 0 fully saturated rings. The maximum atomic E-state index is 12.5. The second kappa shape index (κ2) is 7.79. The van der Waals surface area contributed by atoms with Gasteiger partial charge in [0.15, 0.2) is 5.69 Å². The van der Waals surface area contributed by atoms with E-state index in [1.165, 1.54) is 5.56 Å². The molecule has 1 unspecified atom stereocenters. The van der Waals surface area contributed by atoms with Crippen LogP contribution in [-0.4, -0.2) is 21.7 Å². The molecule has 2 aromatic carbocycles. The number of aromatic nitrogens is 2. The molecular formula is C21H23N3O. The largest absolute Gasteiger partial charge is 0.348 e. The average molecular weight is 333 g/mol. The fourth-order valence-electron chi connectivity index (χ4n) is 2.81. The summed E-state index contributed by atoms with van der Waals surface area (Å²) in [4.78, 5) is 12.5. The van der Waals surface area contributed by atoms with Crippen LogP contribution in [0.4, 0.5) is 0 Å². The highest BCUT2D eigenvalue weighted by Gasteiger charge is 2.15. The lowest BCUT2D eigenvalue weighted by Crippen LogP contribution is -2.33. The van der Waals surface area contributed by atoms with Crippen LogP contribution in [0.5, 0.6) is 0 Å². The van der Waals surface area contributed by atoms with Gasteiger partial charge in [-0.25, -0.2) is 4.68 Å². The smallest absolute Gasteiger partial charge is 0.272 e. The third-order valence-electron chi connectivity index (χ3n) is 4.21. The summed E-state index contributed by atoms with van der Waals surface area (Å²) >= 11 is 0. The number of amides is 1. The Morgan fingerprint density at radius 3 is 2.40 bits per heavy atom. The van der Waals surface area contributed by atoms with Gasteiger partial charge in [-0.3, -0.25) is 4.79 Å². The summed E-state index contributed by atoms with van der Waals surface area (Å²) in [5.74, 6) is -0.127. The van der Waals surface area contributed by atoms with Crippen molar-refractivity contribution < 1.29 is 4.79 Å². The van der Waals surface area contributed by atoms with Gasteiger partial charge < -0.3 is 5.32 Å². The summed E-state index contributed by atoms with van der Waals surface area (Å²) in [6.07, 6.45) is 1.84. The Bertz CT molecular complexity index is 825. The standard InChI is InChI=1S/C21H23N3O/c1-16(13-14-18-9-5-3-6-10-18)22-21(25)20-15-17(2)24(23-20)19-11-7-4-8-12-19/h3-12,15-16H,13-14H2,1-2H3,(H,22,25). The average Bonchev–Trinajstić information content (AvgIpc) is 3.03. The number of benzene rings is 2. The van der Waals surface area contributed by atoms with Crippen LogP contribution in [0.3, 0.4) is 0 Å². The molecule has 3 rings (SSSR count). The number of hydrogen-bond donors (Lipinski definition) is 1. The molecule has 1 atom stereocenters. The van der Waals surface area contributed by atoms with Crippen molar-refractivity contribution in [3.05, 3.63) is 83.7 Å². The molecular weight excluding hydrogens is 310 g/mol. The summed E-state index contributed by atoms with van der Waals surface area (Å²) in [7, 11) is 0. The minimum Gasteiger partial charge on any atom is -0.348 e. The molecule has 0 spiro atoms. The van der Waals surface area contributed by atoms with Gasteiger partial charge in [-0.05, 0) is 50.5 Å². The molecule has 0 saturated carbocycles. The molecule has 0 bridgehead atoms. The van der Waals surface area contributed by atoms with Crippen LogP contribution in [0.15, 0.2) is 66.7 Å². The molecule has 1 N–H and O–H groups in total. The summed E-state index contributed by atoms with van der Waals surface area (Å²) < 4.78 is 1.80. The molecule has 1 amide bonds. The van der Waals surface area contributed by atoms with Crippen molar-refractivity contribution in [3.8, 4) is 5.69 Å². The zero-order chi connectivity index (χ0) is 17.6. The van der Waals surface area contributed by atoms with Crippen LogP contribution in [0, 0.1) is 6.92 Å². The molecule has 0 aliphatic heterocycles. The second-order valence-electron chi connectivity index (χ2n) is 6.32. The first-order chi connectivity index (χ1) is 12.1. The molecule has 1 aromatic heterocycles. The Hall–Kier alpha value is -2.88. The fourth-order valence-corrected chi connectivity index (χ4v) is 2.81. The van der Waals surface area contributed by atoms with Crippen molar-refractivity contribution >= 4 is 5.91 Å². The van der Waals surface area contributed by atoms with Crippen LogP contribution < -0.4 is 5.32 Å². The number of hydrogen-bond acceptors (Lipinski definition) is 2. The Balaban J connectivity index is 1.61. The number of rotatable bonds is 6. The molecule has 0 aliphatic carbocycles. The minimum atomic E-state index is -0.127. The normalized spacial score (nSPS) is 11.9. The predicted molar refractivity (Wildman–Crippen MR) is 100.0 cm³/mol. The highest BCUT2D eigenvalue weighted by molar-refractivity contribution is 5.92. The van der Waals surface area contributed by atoms with Gasteiger partial charge in [-0.1, -0.05) is 48.5 Å². The van der Waals surface area contributed by atoms with Crippen molar-refractivity contribution in [1.82, 2.24) is 15.1 Å². The molecule has 4 nitrogen and oxygen atoms in total. The van der Waals surface area contributed by atoms with Gasteiger partial charge >= 0.3 is 0 Å². The first kappa shape index (κ1) is 17.0. The molecule has 128 valence electrons. The molecule has 25 heavy (non-hydrogen) atoms.